The maximum Gasteiger partial charge on any atom is 0.315 e. The van der Waals surface area contributed by atoms with Crippen LogP contribution in [0.2, 0.25) is 0 Å². The fourth-order valence-corrected chi connectivity index (χ4v) is 1.48. The molecule has 0 aliphatic heterocycles. The van der Waals surface area contributed by atoms with Gasteiger partial charge in [0.15, 0.2) is 0 Å². The summed E-state index contributed by atoms with van der Waals surface area (Å²) in [5, 5.41) is 14.2. The number of carboxylic acids is 1. The summed E-state index contributed by atoms with van der Waals surface area (Å²) >= 11 is 0. The van der Waals surface area contributed by atoms with Crippen molar-refractivity contribution in [3.05, 3.63) is 0 Å². The number of aliphatic carboxylic acids is 1. The molecule has 17 heavy (non-hydrogen) atoms. The number of carbonyl (C=O) groups excluding carboxylic acids is 1. The molecule has 1 saturated carbocycles. The quantitative estimate of drug-likeness (QED) is 0.611. The Balaban J connectivity index is 2.19. The molecule has 6 heteroatoms. The molecule has 0 bridgehead atoms. The Labute approximate surface area is 101 Å². The van der Waals surface area contributed by atoms with Gasteiger partial charge in [0.2, 0.25) is 0 Å². The zero-order valence-electron chi connectivity index (χ0n) is 10.3. The van der Waals surface area contributed by atoms with Crippen molar-refractivity contribution in [2.24, 2.45) is 5.41 Å². The molecule has 6 nitrogen and oxygen atoms in total. The number of nitrogens with one attached hydrogen (secondary N) is 2. The van der Waals surface area contributed by atoms with E-state index in [0.717, 1.165) is 0 Å². The van der Waals surface area contributed by atoms with E-state index in [1.54, 1.807) is 0 Å². The Morgan fingerprint density at radius 2 is 2.12 bits per heavy atom. The minimum absolute atomic E-state index is 0.0880. The molecule has 1 fully saturated rings. The molecule has 0 heterocycles. The van der Waals surface area contributed by atoms with Crippen molar-refractivity contribution in [2.75, 3.05) is 19.8 Å². The SMILES string of the molecule is CCOCC(C)NC(=O)NCC1(C(=O)O)CC1. The van der Waals surface area contributed by atoms with E-state index in [-0.39, 0.29) is 18.6 Å². The Morgan fingerprint density at radius 3 is 2.59 bits per heavy atom. The van der Waals surface area contributed by atoms with E-state index in [9.17, 15) is 9.59 Å². The number of amides is 2. The van der Waals surface area contributed by atoms with Crippen LogP contribution in [0.3, 0.4) is 0 Å². The van der Waals surface area contributed by atoms with Gasteiger partial charge in [-0.1, -0.05) is 0 Å². The third-order valence-electron chi connectivity index (χ3n) is 2.84. The van der Waals surface area contributed by atoms with Gasteiger partial charge in [0, 0.05) is 13.2 Å². The maximum atomic E-state index is 11.4. The zero-order chi connectivity index (χ0) is 12.9. The molecule has 3 N–H and O–H groups in total. The van der Waals surface area contributed by atoms with Gasteiger partial charge in [0.05, 0.1) is 18.1 Å². The lowest BCUT2D eigenvalue weighted by molar-refractivity contribution is -0.143. The fourth-order valence-electron chi connectivity index (χ4n) is 1.48. The summed E-state index contributed by atoms with van der Waals surface area (Å²) in [5.74, 6) is -0.833. The number of ether oxygens (including phenoxy) is 1. The molecule has 98 valence electrons. The molecule has 2 amide bonds. The van der Waals surface area contributed by atoms with E-state index in [1.807, 2.05) is 13.8 Å². The van der Waals surface area contributed by atoms with Gasteiger partial charge in [-0.05, 0) is 26.7 Å². The van der Waals surface area contributed by atoms with Gasteiger partial charge in [-0.25, -0.2) is 4.79 Å². The Hall–Kier alpha value is -1.30. The molecule has 1 aliphatic carbocycles. The molecular weight excluding hydrogens is 224 g/mol. The van der Waals surface area contributed by atoms with Gasteiger partial charge in [-0.2, -0.15) is 0 Å². The van der Waals surface area contributed by atoms with Crippen molar-refractivity contribution in [1.82, 2.24) is 10.6 Å². The summed E-state index contributed by atoms with van der Waals surface area (Å²) in [7, 11) is 0. The van der Waals surface area contributed by atoms with E-state index in [0.29, 0.717) is 26.1 Å². The van der Waals surface area contributed by atoms with Crippen LogP contribution < -0.4 is 10.6 Å². The van der Waals surface area contributed by atoms with Crippen LogP contribution in [0, 0.1) is 5.41 Å². The molecule has 0 aromatic carbocycles. The lowest BCUT2D eigenvalue weighted by Gasteiger charge is -2.16. The summed E-state index contributed by atoms with van der Waals surface area (Å²) in [4.78, 5) is 22.3. The highest BCUT2D eigenvalue weighted by molar-refractivity contribution is 5.80. The monoisotopic (exact) mass is 244 g/mol. The van der Waals surface area contributed by atoms with Crippen LogP contribution in [-0.2, 0) is 9.53 Å². The van der Waals surface area contributed by atoms with Crippen molar-refractivity contribution >= 4 is 12.0 Å². The second kappa shape index (κ2) is 5.86. The van der Waals surface area contributed by atoms with Gasteiger partial charge >= 0.3 is 12.0 Å². The first kappa shape index (κ1) is 13.8. The summed E-state index contributed by atoms with van der Waals surface area (Å²) in [6.07, 6.45) is 1.27. The van der Waals surface area contributed by atoms with E-state index >= 15 is 0 Å². The van der Waals surface area contributed by atoms with Crippen molar-refractivity contribution < 1.29 is 19.4 Å². The molecule has 0 radical (unpaired) electrons. The molecule has 0 spiro atoms. The number of carboxylic acid groups (broad SMARTS) is 1. The van der Waals surface area contributed by atoms with Crippen LogP contribution in [0.5, 0.6) is 0 Å². The predicted octanol–water partition coefficient (Wildman–Crippen LogP) is 0.575. The van der Waals surface area contributed by atoms with Gasteiger partial charge in [-0.3, -0.25) is 4.79 Å². The highest BCUT2D eigenvalue weighted by atomic mass is 16.5. The second-order valence-corrected chi connectivity index (χ2v) is 4.47. The Morgan fingerprint density at radius 1 is 1.47 bits per heavy atom. The zero-order valence-corrected chi connectivity index (χ0v) is 10.3. The molecule has 0 saturated heterocycles. The van der Waals surface area contributed by atoms with Crippen LogP contribution in [0.1, 0.15) is 26.7 Å². The minimum Gasteiger partial charge on any atom is -0.481 e. The number of hydrogen-bond donors (Lipinski definition) is 3. The third-order valence-corrected chi connectivity index (χ3v) is 2.84. The Bertz CT molecular complexity index is 289. The third kappa shape index (κ3) is 4.22. The summed E-state index contributed by atoms with van der Waals surface area (Å²) < 4.78 is 5.16. The summed E-state index contributed by atoms with van der Waals surface area (Å²) in [6, 6.07) is -0.431. The molecule has 1 rings (SSSR count). The van der Waals surface area contributed by atoms with E-state index in [4.69, 9.17) is 9.84 Å². The first-order chi connectivity index (χ1) is 8.00. The molecule has 1 aliphatic rings. The number of rotatable bonds is 7. The van der Waals surface area contributed by atoms with Crippen molar-refractivity contribution in [3.63, 3.8) is 0 Å². The normalized spacial score (nSPS) is 18.2. The minimum atomic E-state index is -0.833. The second-order valence-electron chi connectivity index (χ2n) is 4.47. The van der Waals surface area contributed by atoms with Crippen LogP contribution in [0.15, 0.2) is 0 Å². The largest absolute Gasteiger partial charge is 0.481 e. The van der Waals surface area contributed by atoms with Crippen LogP contribution in [0.4, 0.5) is 4.79 Å². The van der Waals surface area contributed by atoms with Crippen molar-refractivity contribution in [2.45, 2.75) is 32.7 Å². The summed E-state index contributed by atoms with van der Waals surface area (Å²) in [5.41, 5.74) is -0.722. The fraction of sp³-hybridized carbons (Fsp3) is 0.818. The van der Waals surface area contributed by atoms with Crippen molar-refractivity contribution in [1.29, 1.82) is 0 Å². The van der Waals surface area contributed by atoms with Crippen LogP contribution >= 0.6 is 0 Å². The molecule has 0 aromatic rings. The average Bonchev–Trinajstić information content (AvgIpc) is 3.04. The van der Waals surface area contributed by atoms with Crippen LogP contribution in [-0.4, -0.2) is 42.9 Å². The standard InChI is InChI=1S/C11H20N2O4/c1-3-17-6-8(2)13-10(16)12-7-11(4-5-11)9(14)15/h8H,3-7H2,1-2H3,(H,14,15)(H2,12,13,16). The lowest BCUT2D eigenvalue weighted by atomic mass is 10.1. The molecule has 1 unspecified atom stereocenters. The smallest absolute Gasteiger partial charge is 0.315 e. The first-order valence-electron chi connectivity index (χ1n) is 5.85. The van der Waals surface area contributed by atoms with E-state index in [1.165, 1.54) is 0 Å². The first-order valence-corrected chi connectivity index (χ1v) is 5.85. The summed E-state index contributed by atoms with van der Waals surface area (Å²) in [6.45, 7) is 4.97. The highest BCUT2D eigenvalue weighted by Crippen LogP contribution is 2.45. The highest BCUT2D eigenvalue weighted by Gasteiger charge is 2.50. The van der Waals surface area contributed by atoms with Crippen LogP contribution in [0.25, 0.3) is 0 Å². The predicted molar refractivity (Wildman–Crippen MR) is 61.8 cm³/mol. The van der Waals surface area contributed by atoms with Gasteiger partial charge in [0.25, 0.3) is 0 Å². The molecule has 1 atom stereocenters. The van der Waals surface area contributed by atoms with Gasteiger partial charge < -0.3 is 20.5 Å². The van der Waals surface area contributed by atoms with Gasteiger partial charge in [-0.15, -0.1) is 0 Å². The topological polar surface area (TPSA) is 87.7 Å². The lowest BCUT2D eigenvalue weighted by Crippen LogP contribution is -2.45. The number of hydrogen-bond acceptors (Lipinski definition) is 3. The molecular formula is C11H20N2O4. The molecule has 0 aromatic heterocycles. The van der Waals surface area contributed by atoms with E-state index in [2.05, 4.69) is 10.6 Å². The average molecular weight is 244 g/mol. The number of urea groups is 1. The Kier molecular flexibility index (Phi) is 4.74. The van der Waals surface area contributed by atoms with E-state index < -0.39 is 11.4 Å². The maximum absolute atomic E-state index is 11.4. The van der Waals surface area contributed by atoms with Gasteiger partial charge in [0.1, 0.15) is 0 Å². The number of carbonyl (C=O) groups is 2. The van der Waals surface area contributed by atoms with Crippen molar-refractivity contribution in [3.8, 4) is 0 Å².